The second-order valence-corrected chi connectivity index (χ2v) is 8.09. The van der Waals surface area contributed by atoms with Gasteiger partial charge in [-0.1, -0.05) is 17.9 Å². The highest BCUT2D eigenvalue weighted by molar-refractivity contribution is 5.94. The van der Waals surface area contributed by atoms with E-state index in [4.69, 9.17) is 9.47 Å². The number of ether oxygens (including phenoxy) is 2. The highest BCUT2D eigenvalue weighted by Crippen LogP contribution is 2.33. The molecule has 0 fully saturated rings. The maximum absolute atomic E-state index is 13.4. The number of hydrogen-bond acceptors (Lipinski definition) is 5. The van der Waals surface area contributed by atoms with Crippen molar-refractivity contribution in [2.24, 2.45) is 0 Å². The smallest absolute Gasteiger partial charge is 0.254 e. The fourth-order valence-corrected chi connectivity index (χ4v) is 3.27. The van der Waals surface area contributed by atoms with E-state index in [1.165, 1.54) is 0 Å². The van der Waals surface area contributed by atoms with Crippen molar-refractivity contribution in [2.75, 3.05) is 6.79 Å². The number of amides is 1. The first-order chi connectivity index (χ1) is 15.4. The Hall–Kier alpha value is -3.82. The number of nitrogens with zero attached hydrogens (tertiary/aromatic N) is 2. The molecule has 1 amide bonds. The molecule has 0 atom stereocenters. The predicted octanol–water partition coefficient (Wildman–Crippen LogP) is 3.78. The van der Waals surface area contributed by atoms with Crippen molar-refractivity contribution >= 4 is 5.91 Å². The lowest BCUT2D eigenvalue weighted by molar-refractivity contribution is 0.0729. The van der Waals surface area contributed by atoms with Gasteiger partial charge in [0.1, 0.15) is 5.60 Å². The molecule has 32 heavy (non-hydrogen) atoms. The third-order valence-electron chi connectivity index (χ3n) is 4.87. The SMILES string of the molecule is CC(C)(O)C#Cc1ccc(C(=O)N(Cc2ccncc2)Cc2ccc3c(c2)OCO3)cc1. The Morgan fingerprint density at radius 3 is 2.41 bits per heavy atom. The minimum absolute atomic E-state index is 0.0959. The topological polar surface area (TPSA) is 71.9 Å². The van der Waals surface area contributed by atoms with Gasteiger partial charge in [0.05, 0.1) is 0 Å². The Kier molecular flexibility index (Phi) is 6.11. The molecule has 0 radical (unpaired) electrons. The average molecular weight is 428 g/mol. The Morgan fingerprint density at radius 2 is 1.69 bits per heavy atom. The van der Waals surface area contributed by atoms with Crippen molar-refractivity contribution in [1.82, 2.24) is 9.88 Å². The van der Waals surface area contributed by atoms with Gasteiger partial charge in [-0.25, -0.2) is 0 Å². The van der Waals surface area contributed by atoms with Gasteiger partial charge in [0, 0.05) is 36.6 Å². The second-order valence-electron chi connectivity index (χ2n) is 8.09. The molecular weight excluding hydrogens is 404 g/mol. The molecule has 1 aliphatic heterocycles. The number of aromatic nitrogens is 1. The van der Waals surface area contributed by atoms with Crippen LogP contribution in [0.5, 0.6) is 11.5 Å². The van der Waals surface area contributed by atoms with Crippen molar-refractivity contribution in [3.63, 3.8) is 0 Å². The standard InChI is InChI=1S/C26H24N2O4/c1-26(2,30)12-9-19-3-6-22(7-4-19)25(29)28(16-20-10-13-27-14-11-20)17-21-5-8-23-24(15-21)32-18-31-23/h3-8,10-11,13-15,30H,16-18H2,1-2H3. The molecule has 3 aromatic rings. The second kappa shape index (κ2) is 9.13. The van der Waals surface area contributed by atoms with Crippen LogP contribution < -0.4 is 9.47 Å². The van der Waals surface area contributed by atoms with Gasteiger partial charge in [-0.05, 0) is 73.5 Å². The third-order valence-corrected chi connectivity index (χ3v) is 4.87. The van der Waals surface area contributed by atoms with Gasteiger partial charge in [0.25, 0.3) is 5.91 Å². The van der Waals surface area contributed by atoms with Crippen LogP contribution in [0, 0.1) is 11.8 Å². The van der Waals surface area contributed by atoms with Gasteiger partial charge in [-0.2, -0.15) is 0 Å². The summed E-state index contributed by atoms with van der Waals surface area (Å²) in [5, 5.41) is 9.78. The summed E-state index contributed by atoms with van der Waals surface area (Å²) in [7, 11) is 0. The Morgan fingerprint density at radius 1 is 1.00 bits per heavy atom. The first kappa shape index (κ1) is 21.4. The molecule has 1 aromatic heterocycles. The van der Waals surface area contributed by atoms with Crippen LogP contribution in [0.3, 0.4) is 0 Å². The summed E-state index contributed by atoms with van der Waals surface area (Å²) in [5.41, 5.74) is 2.17. The third kappa shape index (κ3) is 5.45. The zero-order valence-electron chi connectivity index (χ0n) is 18.0. The van der Waals surface area contributed by atoms with E-state index in [0.717, 1.165) is 16.7 Å². The van der Waals surface area contributed by atoms with E-state index in [0.29, 0.717) is 30.2 Å². The minimum Gasteiger partial charge on any atom is -0.454 e. The van der Waals surface area contributed by atoms with Crippen molar-refractivity contribution in [3.8, 4) is 23.3 Å². The average Bonchev–Trinajstić information content (AvgIpc) is 3.25. The molecule has 0 spiro atoms. The zero-order valence-corrected chi connectivity index (χ0v) is 18.0. The fraction of sp³-hybridized carbons (Fsp3) is 0.231. The van der Waals surface area contributed by atoms with Crippen molar-refractivity contribution in [3.05, 3.63) is 89.2 Å². The molecule has 1 aliphatic rings. The van der Waals surface area contributed by atoms with Gasteiger partial charge in [0.15, 0.2) is 11.5 Å². The molecule has 162 valence electrons. The number of carbonyl (C=O) groups is 1. The van der Waals surface area contributed by atoms with Gasteiger partial charge in [-0.3, -0.25) is 9.78 Å². The zero-order chi connectivity index (χ0) is 22.6. The largest absolute Gasteiger partial charge is 0.454 e. The normalized spacial score (nSPS) is 12.1. The van der Waals surface area contributed by atoms with Crippen LogP contribution in [-0.2, 0) is 13.1 Å². The van der Waals surface area contributed by atoms with Gasteiger partial charge >= 0.3 is 0 Å². The highest BCUT2D eigenvalue weighted by Gasteiger charge is 2.19. The number of fused-ring (bicyclic) bond motifs is 1. The van der Waals surface area contributed by atoms with Crippen LogP contribution in [0.15, 0.2) is 67.0 Å². The summed E-state index contributed by atoms with van der Waals surface area (Å²) < 4.78 is 10.9. The molecule has 4 rings (SSSR count). The number of aliphatic hydroxyl groups is 1. The number of benzene rings is 2. The summed E-state index contributed by atoms with van der Waals surface area (Å²) in [5.74, 6) is 7.01. The lowest BCUT2D eigenvalue weighted by Crippen LogP contribution is -2.30. The van der Waals surface area contributed by atoms with E-state index in [2.05, 4.69) is 16.8 Å². The molecule has 0 unspecified atom stereocenters. The summed E-state index contributed by atoms with van der Waals surface area (Å²) in [6, 6.07) is 16.6. The van der Waals surface area contributed by atoms with E-state index in [1.54, 1.807) is 55.4 Å². The number of carbonyl (C=O) groups excluding carboxylic acids is 1. The number of pyridine rings is 1. The molecule has 0 aliphatic carbocycles. The van der Waals surface area contributed by atoms with Gasteiger partial charge < -0.3 is 19.5 Å². The molecular formula is C26H24N2O4. The molecule has 6 heteroatoms. The van der Waals surface area contributed by atoms with Crippen LogP contribution in [0.1, 0.15) is 40.9 Å². The maximum Gasteiger partial charge on any atom is 0.254 e. The lowest BCUT2D eigenvalue weighted by atomic mass is 10.1. The maximum atomic E-state index is 13.4. The Balaban J connectivity index is 1.57. The van der Waals surface area contributed by atoms with E-state index in [9.17, 15) is 9.90 Å². The van der Waals surface area contributed by atoms with E-state index in [-0.39, 0.29) is 12.7 Å². The number of hydrogen-bond donors (Lipinski definition) is 1. The highest BCUT2D eigenvalue weighted by atomic mass is 16.7. The first-order valence-electron chi connectivity index (χ1n) is 10.3. The summed E-state index contributed by atoms with van der Waals surface area (Å²) >= 11 is 0. The van der Waals surface area contributed by atoms with Gasteiger partial charge in [-0.15, -0.1) is 0 Å². The Bertz CT molecular complexity index is 1160. The van der Waals surface area contributed by atoms with Crippen LogP contribution in [0.2, 0.25) is 0 Å². The van der Waals surface area contributed by atoms with Crippen LogP contribution in [0.4, 0.5) is 0 Å². The molecule has 2 aromatic carbocycles. The predicted molar refractivity (Wildman–Crippen MR) is 120 cm³/mol. The van der Waals surface area contributed by atoms with Crippen LogP contribution in [0.25, 0.3) is 0 Å². The molecule has 0 saturated carbocycles. The van der Waals surface area contributed by atoms with E-state index < -0.39 is 5.60 Å². The van der Waals surface area contributed by atoms with Crippen molar-refractivity contribution in [2.45, 2.75) is 32.5 Å². The monoisotopic (exact) mass is 428 g/mol. The summed E-state index contributed by atoms with van der Waals surface area (Å²) in [4.78, 5) is 19.2. The molecule has 2 heterocycles. The first-order valence-corrected chi connectivity index (χ1v) is 10.3. The summed E-state index contributed by atoms with van der Waals surface area (Å²) in [6.45, 7) is 4.32. The van der Waals surface area contributed by atoms with Crippen LogP contribution >= 0.6 is 0 Å². The summed E-state index contributed by atoms with van der Waals surface area (Å²) in [6.07, 6.45) is 3.43. The molecule has 1 N–H and O–H groups in total. The van der Waals surface area contributed by atoms with Crippen molar-refractivity contribution in [1.29, 1.82) is 0 Å². The molecule has 6 nitrogen and oxygen atoms in total. The van der Waals surface area contributed by atoms with Crippen molar-refractivity contribution < 1.29 is 19.4 Å². The van der Waals surface area contributed by atoms with Gasteiger partial charge in [0.2, 0.25) is 6.79 Å². The Labute approximate surface area is 187 Å². The van der Waals surface area contributed by atoms with E-state index >= 15 is 0 Å². The lowest BCUT2D eigenvalue weighted by Gasteiger charge is -2.23. The minimum atomic E-state index is -1.07. The van der Waals surface area contributed by atoms with E-state index in [1.807, 2.05) is 30.3 Å². The quantitative estimate of drug-likeness (QED) is 0.627. The fourth-order valence-electron chi connectivity index (χ4n) is 3.27. The molecule has 0 bridgehead atoms. The number of rotatable bonds is 5. The van der Waals surface area contributed by atoms with Crippen LogP contribution in [-0.4, -0.2) is 33.3 Å². The molecule has 0 saturated heterocycles.